The van der Waals surface area contributed by atoms with Gasteiger partial charge in [-0.1, -0.05) is 12.1 Å². The Kier molecular flexibility index (Phi) is 6.84. The molecule has 7 heteroatoms. The van der Waals surface area contributed by atoms with Gasteiger partial charge in [0.15, 0.2) is 11.5 Å². The van der Waals surface area contributed by atoms with Gasteiger partial charge in [0.1, 0.15) is 12.1 Å². The maximum atomic E-state index is 12.6. The van der Waals surface area contributed by atoms with Crippen molar-refractivity contribution in [2.75, 3.05) is 39.7 Å². The number of rotatable bonds is 8. The highest BCUT2D eigenvalue weighted by molar-refractivity contribution is 5.95. The summed E-state index contributed by atoms with van der Waals surface area (Å²) in [6.45, 7) is 7.30. The number of fused-ring (bicyclic) bond motifs is 1. The van der Waals surface area contributed by atoms with Gasteiger partial charge in [0, 0.05) is 16.5 Å². The van der Waals surface area contributed by atoms with E-state index in [-0.39, 0.29) is 5.91 Å². The number of aromatic amines is 1. The number of methoxy groups -OCH3 is 3. The number of carbonyl (C=O) groups excluding carboxylic acids is 1. The summed E-state index contributed by atoms with van der Waals surface area (Å²) in [4.78, 5) is 16.1. The Bertz CT molecular complexity index is 1090. The van der Waals surface area contributed by atoms with Crippen molar-refractivity contribution in [2.45, 2.75) is 20.8 Å². The quantitative estimate of drug-likeness (QED) is 0.541. The number of aryl methyl sites for hydroxylation is 3. The molecular weight excluding hydrogens is 394 g/mol. The molecule has 2 aromatic carbocycles. The van der Waals surface area contributed by atoms with Crippen molar-refractivity contribution in [1.82, 2.24) is 5.32 Å². The minimum Gasteiger partial charge on any atom is -0.493 e. The second-order valence-electron chi connectivity index (χ2n) is 7.40. The van der Waals surface area contributed by atoms with Gasteiger partial charge in [0.05, 0.1) is 27.9 Å². The first-order valence-electron chi connectivity index (χ1n) is 10.1. The van der Waals surface area contributed by atoms with Crippen LogP contribution >= 0.6 is 0 Å². The molecule has 3 rings (SSSR count). The number of aromatic nitrogens is 1. The predicted molar refractivity (Wildman–Crippen MR) is 122 cm³/mol. The SMILES string of the molecule is COc1cc(C(=O)NCCNc2[nH+]c3c(C)c(C)ccc3cc2C)cc(OC)c1OC. The van der Waals surface area contributed by atoms with Gasteiger partial charge in [-0.25, -0.2) is 4.98 Å². The highest BCUT2D eigenvalue weighted by atomic mass is 16.5. The third-order valence-corrected chi connectivity index (χ3v) is 5.42. The van der Waals surface area contributed by atoms with Crippen LogP contribution in [-0.2, 0) is 0 Å². The van der Waals surface area contributed by atoms with Crippen LogP contribution in [-0.4, -0.2) is 40.3 Å². The smallest absolute Gasteiger partial charge is 0.275 e. The third-order valence-electron chi connectivity index (χ3n) is 5.42. The minimum absolute atomic E-state index is 0.216. The van der Waals surface area contributed by atoms with Crippen molar-refractivity contribution < 1.29 is 24.0 Å². The van der Waals surface area contributed by atoms with Crippen LogP contribution in [0.5, 0.6) is 17.2 Å². The first-order chi connectivity index (χ1) is 14.9. The molecule has 0 aliphatic heterocycles. The largest absolute Gasteiger partial charge is 0.493 e. The first-order valence-corrected chi connectivity index (χ1v) is 10.1. The zero-order chi connectivity index (χ0) is 22.5. The lowest BCUT2D eigenvalue weighted by Crippen LogP contribution is -2.30. The van der Waals surface area contributed by atoms with E-state index in [9.17, 15) is 4.79 Å². The summed E-state index contributed by atoms with van der Waals surface area (Å²) in [7, 11) is 4.57. The zero-order valence-electron chi connectivity index (χ0n) is 18.9. The lowest BCUT2D eigenvalue weighted by molar-refractivity contribution is -0.328. The summed E-state index contributed by atoms with van der Waals surface area (Å²) in [5.74, 6) is 2.07. The van der Waals surface area contributed by atoms with E-state index in [1.807, 2.05) is 0 Å². The van der Waals surface area contributed by atoms with Gasteiger partial charge < -0.3 is 19.5 Å². The van der Waals surface area contributed by atoms with Gasteiger partial charge in [-0.2, -0.15) is 0 Å². The number of hydrogen-bond acceptors (Lipinski definition) is 5. The predicted octanol–water partition coefficient (Wildman–Crippen LogP) is 3.45. The molecule has 1 amide bonds. The molecule has 3 aromatic rings. The molecule has 0 radical (unpaired) electrons. The van der Waals surface area contributed by atoms with Crippen molar-refractivity contribution in [2.24, 2.45) is 0 Å². The van der Waals surface area contributed by atoms with Crippen LogP contribution in [0.3, 0.4) is 0 Å². The van der Waals surface area contributed by atoms with E-state index in [0.717, 1.165) is 16.9 Å². The van der Waals surface area contributed by atoms with Crippen LogP contribution in [0.2, 0.25) is 0 Å². The van der Waals surface area contributed by atoms with Crippen molar-refractivity contribution >= 4 is 22.6 Å². The number of amides is 1. The van der Waals surface area contributed by atoms with E-state index >= 15 is 0 Å². The van der Waals surface area contributed by atoms with E-state index in [1.54, 1.807) is 12.1 Å². The summed E-state index contributed by atoms with van der Waals surface area (Å²) in [6, 6.07) is 9.70. The van der Waals surface area contributed by atoms with Gasteiger partial charge in [0.2, 0.25) is 5.75 Å². The van der Waals surface area contributed by atoms with Crippen molar-refractivity contribution in [3.05, 3.63) is 52.6 Å². The van der Waals surface area contributed by atoms with Gasteiger partial charge >= 0.3 is 0 Å². The second-order valence-corrected chi connectivity index (χ2v) is 7.40. The average molecular weight is 425 g/mol. The number of pyridine rings is 1. The van der Waals surface area contributed by atoms with Crippen molar-refractivity contribution in [3.63, 3.8) is 0 Å². The summed E-state index contributed by atoms with van der Waals surface area (Å²) in [5.41, 5.74) is 5.16. The van der Waals surface area contributed by atoms with Gasteiger partial charge in [-0.3, -0.25) is 10.1 Å². The van der Waals surface area contributed by atoms with Gasteiger partial charge in [-0.05, 0) is 50.1 Å². The molecule has 0 atom stereocenters. The summed E-state index contributed by atoms with van der Waals surface area (Å²) in [6.07, 6.45) is 0. The molecule has 0 aliphatic rings. The molecule has 0 unspecified atom stereocenters. The topological polar surface area (TPSA) is 83.0 Å². The number of hydrogen-bond donors (Lipinski definition) is 2. The Morgan fingerprint density at radius 2 is 1.58 bits per heavy atom. The molecule has 164 valence electrons. The molecule has 1 aromatic heterocycles. The second kappa shape index (κ2) is 9.55. The van der Waals surface area contributed by atoms with Gasteiger partial charge in [0.25, 0.3) is 11.7 Å². The zero-order valence-corrected chi connectivity index (χ0v) is 18.9. The monoisotopic (exact) mass is 424 g/mol. The number of benzene rings is 2. The molecule has 0 aliphatic carbocycles. The Hall–Kier alpha value is -3.48. The normalized spacial score (nSPS) is 10.6. The Labute approximate surface area is 182 Å². The highest BCUT2D eigenvalue weighted by Crippen LogP contribution is 2.38. The molecule has 0 fully saturated rings. The number of H-pyrrole nitrogens is 1. The van der Waals surface area contributed by atoms with E-state index in [2.05, 4.69) is 54.6 Å². The van der Waals surface area contributed by atoms with E-state index in [4.69, 9.17) is 14.2 Å². The average Bonchev–Trinajstić information content (AvgIpc) is 2.78. The lowest BCUT2D eigenvalue weighted by Gasteiger charge is -2.14. The number of nitrogens with one attached hydrogen (secondary N) is 3. The standard InChI is InChI=1S/C24H29N3O4/c1-14-7-8-17-11-15(2)23(27-21(17)16(14)3)25-9-10-26-24(28)18-12-19(29-4)22(31-6)20(13-18)30-5/h7-8,11-13H,9-10H2,1-6H3,(H,25,27)(H,26,28)/p+1. The Morgan fingerprint density at radius 3 is 2.19 bits per heavy atom. The summed E-state index contributed by atoms with van der Waals surface area (Å²) < 4.78 is 15.9. The van der Waals surface area contributed by atoms with Crippen LogP contribution in [0.25, 0.3) is 10.9 Å². The fraction of sp³-hybridized carbons (Fsp3) is 0.333. The molecular formula is C24H30N3O4+. The number of ether oxygens (including phenoxy) is 3. The Morgan fingerprint density at radius 1 is 0.903 bits per heavy atom. The first kappa shape index (κ1) is 22.2. The van der Waals surface area contributed by atoms with Crippen molar-refractivity contribution in [1.29, 1.82) is 0 Å². The maximum Gasteiger partial charge on any atom is 0.275 e. The van der Waals surface area contributed by atoms with Crippen LogP contribution in [0.15, 0.2) is 30.3 Å². The number of carbonyl (C=O) groups is 1. The fourth-order valence-corrected chi connectivity index (χ4v) is 3.51. The summed E-state index contributed by atoms with van der Waals surface area (Å²) >= 11 is 0. The van der Waals surface area contributed by atoms with Crippen LogP contribution in [0.1, 0.15) is 27.0 Å². The minimum atomic E-state index is -0.216. The fourth-order valence-electron chi connectivity index (χ4n) is 3.51. The molecule has 0 spiro atoms. The maximum absolute atomic E-state index is 12.6. The third kappa shape index (κ3) is 4.66. The molecule has 7 nitrogen and oxygen atoms in total. The van der Waals surface area contributed by atoms with Crippen LogP contribution in [0, 0.1) is 20.8 Å². The molecule has 0 bridgehead atoms. The van der Waals surface area contributed by atoms with E-state index < -0.39 is 0 Å². The van der Waals surface area contributed by atoms with Gasteiger partial charge in [-0.15, -0.1) is 0 Å². The van der Waals surface area contributed by atoms with Crippen LogP contribution in [0.4, 0.5) is 5.82 Å². The van der Waals surface area contributed by atoms with E-state index in [1.165, 1.54) is 37.8 Å². The molecule has 3 N–H and O–H groups in total. The van der Waals surface area contributed by atoms with Crippen LogP contribution < -0.4 is 29.8 Å². The molecule has 0 saturated heterocycles. The van der Waals surface area contributed by atoms with E-state index in [0.29, 0.717) is 35.9 Å². The molecule has 1 heterocycles. The molecule has 31 heavy (non-hydrogen) atoms. The highest BCUT2D eigenvalue weighted by Gasteiger charge is 2.17. The molecule has 0 saturated carbocycles. The number of anilines is 1. The lowest BCUT2D eigenvalue weighted by atomic mass is 10.0. The summed E-state index contributed by atoms with van der Waals surface area (Å²) in [5, 5.41) is 7.48. The van der Waals surface area contributed by atoms with Crippen molar-refractivity contribution in [3.8, 4) is 17.2 Å². The Balaban J connectivity index is 1.66.